The Balaban J connectivity index is 2.16. The third kappa shape index (κ3) is 3.34. The summed E-state index contributed by atoms with van der Waals surface area (Å²) in [5, 5.41) is 18.9. The first-order chi connectivity index (χ1) is 8.29. The minimum Gasteiger partial charge on any atom is -0.508 e. The van der Waals surface area contributed by atoms with Gasteiger partial charge < -0.3 is 10.2 Å². The molecule has 1 aliphatic carbocycles. The highest BCUT2D eigenvalue weighted by Crippen LogP contribution is 2.30. The number of benzene rings is 1. The summed E-state index contributed by atoms with van der Waals surface area (Å²) in [5.74, 6) is 0.802. The number of rotatable bonds is 3. The van der Waals surface area contributed by atoms with Gasteiger partial charge in [-0.1, -0.05) is 37.5 Å². The summed E-state index contributed by atoms with van der Waals surface area (Å²) in [4.78, 5) is 0. The van der Waals surface area contributed by atoms with E-state index in [1.54, 1.807) is 12.1 Å². The molecule has 2 N–H and O–H groups in total. The topological polar surface area (TPSA) is 40.5 Å². The molecule has 1 aromatic rings. The zero-order chi connectivity index (χ0) is 12.1. The molecule has 2 heteroatoms. The molecular weight excluding hydrogens is 212 g/mol. The molecule has 0 aliphatic heterocycles. The van der Waals surface area contributed by atoms with Crippen LogP contribution in [0.25, 0.3) is 6.08 Å². The monoisotopic (exact) mass is 232 g/mol. The van der Waals surface area contributed by atoms with Crippen LogP contribution in [0, 0.1) is 5.92 Å². The molecule has 2 nitrogen and oxygen atoms in total. The average Bonchev–Trinajstić information content (AvgIpc) is 2.37. The first-order valence-electron chi connectivity index (χ1n) is 6.40. The molecule has 0 unspecified atom stereocenters. The van der Waals surface area contributed by atoms with Gasteiger partial charge in [0.15, 0.2) is 0 Å². The van der Waals surface area contributed by atoms with Crippen LogP contribution in [0.4, 0.5) is 0 Å². The summed E-state index contributed by atoms with van der Waals surface area (Å²) in [6.45, 7) is 0.125. The highest BCUT2D eigenvalue weighted by atomic mass is 16.3. The van der Waals surface area contributed by atoms with Gasteiger partial charge in [0.1, 0.15) is 5.75 Å². The maximum absolute atomic E-state index is 9.48. The van der Waals surface area contributed by atoms with Crippen LogP contribution in [0.5, 0.6) is 5.75 Å². The lowest BCUT2D eigenvalue weighted by molar-refractivity contribution is 0.295. The Bertz CT molecular complexity index is 390. The fourth-order valence-electron chi connectivity index (χ4n) is 2.59. The van der Waals surface area contributed by atoms with Crippen LogP contribution in [0.15, 0.2) is 29.8 Å². The lowest BCUT2D eigenvalue weighted by Gasteiger charge is -2.23. The van der Waals surface area contributed by atoms with E-state index in [0.717, 1.165) is 11.1 Å². The van der Waals surface area contributed by atoms with E-state index in [4.69, 9.17) is 0 Å². The van der Waals surface area contributed by atoms with E-state index in [-0.39, 0.29) is 12.4 Å². The van der Waals surface area contributed by atoms with E-state index in [9.17, 15) is 10.2 Å². The summed E-state index contributed by atoms with van der Waals surface area (Å²) in [7, 11) is 0. The smallest absolute Gasteiger partial charge is 0.116 e. The number of aromatic hydroxyl groups is 1. The van der Waals surface area contributed by atoms with Crippen LogP contribution in [-0.2, 0) is 0 Å². The fourth-order valence-corrected chi connectivity index (χ4v) is 2.59. The highest BCUT2D eigenvalue weighted by molar-refractivity contribution is 5.55. The maximum atomic E-state index is 9.48. The van der Waals surface area contributed by atoms with Gasteiger partial charge in [0.25, 0.3) is 0 Å². The first kappa shape index (κ1) is 12.2. The summed E-state index contributed by atoms with van der Waals surface area (Å²) in [6.07, 6.45) is 8.25. The second-order valence-electron chi connectivity index (χ2n) is 4.81. The molecule has 92 valence electrons. The van der Waals surface area contributed by atoms with Crippen molar-refractivity contribution < 1.29 is 10.2 Å². The largest absolute Gasteiger partial charge is 0.508 e. The predicted octanol–water partition coefficient (Wildman–Crippen LogP) is 3.35. The van der Waals surface area contributed by atoms with Gasteiger partial charge in [-0.2, -0.15) is 0 Å². The van der Waals surface area contributed by atoms with Crippen molar-refractivity contribution in [3.8, 4) is 5.75 Å². The Hall–Kier alpha value is -1.28. The molecule has 1 aliphatic rings. The standard InChI is InChI=1S/C15H20O2/c16-11-14(13-6-2-1-3-7-13)9-12-5-4-8-15(17)10-12/h4-5,8-10,13,16-17H,1-3,6-7,11H2. The van der Waals surface area contributed by atoms with Crippen LogP contribution in [0.1, 0.15) is 37.7 Å². The molecule has 2 rings (SSSR count). The number of phenols is 1. The predicted molar refractivity (Wildman–Crippen MR) is 69.7 cm³/mol. The van der Waals surface area contributed by atoms with Gasteiger partial charge in [0.05, 0.1) is 6.61 Å². The van der Waals surface area contributed by atoms with Crippen molar-refractivity contribution in [1.82, 2.24) is 0 Å². The molecule has 17 heavy (non-hydrogen) atoms. The molecule has 0 bridgehead atoms. The Kier molecular flexibility index (Phi) is 4.21. The molecule has 0 atom stereocenters. The van der Waals surface area contributed by atoms with Gasteiger partial charge in [-0.05, 0) is 42.0 Å². The zero-order valence-electron chi connectivity index (χ0n) is 10.1. The quantitative estimate of drug-likeness (QED) is 0.839. The van der Waals surface area contributed by atoms with E-state index in [1.165, 1.54) is 32.1 Å². The summed E-state index contributed by atoms with van der Waals surface area (Å²) in [6, 6.07) is 7.18. The van der Waals surface area contributed by atoms with Crippen molar-refractivity contribution in [2.24, 2.45) is 5.92 Å². The number of hydrogen-bond acceptors (Lipinski definition) is 2. The van der Waals surface area contributed by atoms with Crippen LogP contribution in [0.2, 0.25) is 0 Å². The normalized spacial score (nSPS) is 18.3. The van der Waals surface area contributed by atoms with Gasteiger partial charge in [-0.3, -0.25) is 0 Å². The minimum absolute atomic E-state index is 0.125. The molecule has 0 saturated heterocycles. The van der Waals surface area contributed by atoms with Crippen LogP contribution >= 0.6 is 0 Å². The zero-order valence-corrected chi connectivity index (χ0v) is 10.1. The Morgan fingerprint density at radius 3 is 2.65 bits per heavy atom. The van der Waals surface area contributed by atoms with Gasteiger partial charge in [0.2, 0.25) is 0 Å². The number of aliphatic hydroxyl groups is 1. The molecule has 0 amide bonds. The number of hydrogen-bond donors (Lipinski definition) is 2. The molecule has 0 radical (unpaired) electrons. The first-order valence-corrected chi connectivity index (χ1v) is 6.40. The Morgan fingerprint density at radius 2 is 2.00 bits per heavy atom. The maximum Gasteiger partial charge on any atom is 0.116 e. The Labute approximate surface area is 103 Å². The lowest BCUT2D eigenvalue weighted by atomic mass is 9.83. The van der Waals surface area contributed by atoms with Crippen molar-refractivity contribution in [3.63, 3.8) is 0 Å². The van der Waals surface area contributed by atoms with E-state index < -0.39 is 0 Å². The van der Waals surface area contributed by atoms with Crippen molar-refractivity contribution in [2.75, 3.05) is 6.61 Å². The molecule has 0 heterocycles. The fraction of sp³-hybridized carbons (Fsp3) is 0.467. The Morgan fingerprint density at radius 1 is 1.24 bits per heavy atom. The molecule has 1 fully saturated rings. The average molecular weight is 232 g/mol. The minimum atomic E-state index is 0.125. The lowest BCUT2D eigenvalue weighted by Crippen LogP contribution is -2.11. The van der Waals surface area contributed by atoms with Crippen molar-refractivity contribution >= 4 is 6.08 Å². The van der Waals surface area contributed by atoms with Crippen LogP contribution < -0.4 is 0 Å². The van der Waals surface area contributed by atoms with Gasteiger partial charge in [0, 0.05) is 0 Å². The molecule has 1 saturated carbocycles. The van der Waals surface area contributed by atoms with Gasteiger partial charge >= 0.3 is 0 Å². The third-order valence-electron chi connectivity index (χ3n) is 3.53. The van der Waals surface area contributed by atoms with E-state index in [0.29, 0.717) is 5.92 Å². The highest BCUT2D eigenvalue weighted by Gasteiger charge is 2.17. The summed E-state index contributed by atoms with van der Waals surface area (Å²) < 4.78 is 0. The second-order valence-corrected chi connectivity index (χ2v) is 4.81. The van der Waals surface area contributed by atoms with Gasteiger partial charge in [-0.25, -0.2) is 0 Å². The molecule has 0 aromatic heterocycles. The van der Waals surface area contributed by atoms with Crippen LogP contribution in [-0.4, -0.2) is 16.8 Å². The summed E-state index contributed by atoms with van der Waals surface area (Å²) >= 11 is 0. The third-order valence-corrected chi connectivity index (χ3v) is 3.53. The SMILES string of the molecule is OCC(=Cc1cccc(O)c1)C1CCCCC1. The van der Waals surface area contributed by atoms with Crippen molar-refractivity contribution in [3.05, 3.63) is 35.4 Å². The number of phenolic OH excluding ortho intramolecular Hbond substituents is 1. The molecular formula is C15H20O2. The van der Waals surface area contributed by atoms with E-state index in [2.05, 4.69) is 0 Å². The summed E-state index contributed by atoms with van der Waals surface area (Å²) in [5.41, 5.74) is 2.08. The van der Waals surface area contributed by atoms with Gasteiger partial charge in [-0.15, -0.1) is 0 Å². The van der Waals surface area contributed by atoms with E-state index >= 15 is 0 Å². The molecule has 1 aromatic carbocycles. The van der Waals surface area contributed by atoms with Crippen molar-refractivity contribution in [1.29, 1.82) is 0 Å². The second kappa shape index (κ2) is 5.87. The van der Waals surface area contributed by atoms with Crippen molar-refractivity contribution in [2.45, 2.75) is 32.1 Å². The molecule has 0 spiro atoms. The van der Waals surface area contributed by atoms with E-state index in [1.807, 2.05) is 18.2 Å². The van der Waals surface area contributed by atoms with Crippen LogP contribution in [0.3, 0.4) is 0 Å². The number of aliphatic hydroxyl groups excluding tert-OH is 1.